The summed E-state index contributed by atoms with van der Waals surface area (Å²) in [6, 6.07) is 2.70. The number of ether oxygens (including phenoxy) is 1. The van der Waals surface area contributed by atoms with Crippen LogP contribution in [0.25, 0.3) is 0 Å². The Morgan fingerprint density at radius 3 is 3.00 bits per heavy atom. The van der Waals surface area contributed by atoms with Crippen LogP contribution >= 0.6 is 11.8 Å². The zero-order valence-electron chi connectivity index (χ0n) is 11.7. The van der Waals surface area contributed by atoms with Crippen molar-refractivity contribution in [2.24, 2.45) is 5.92 Å². The van der Waals surface area contributed by atoms with Crippen molar-refractivity contribution in [2.75, 3.05) is 12.9 Å². The topological polar surface area (TPSA) is 44.1 Å². The highest BCUT2D eigenvalue weighted by Crippen LogP contribution is 2.29. The zero-order valence-corrected chi connectivity index (χ0v) is 12.5. The number of esters is 1. The van der Waals surface area contributed by atoms with Gasteiger partial charge in [-0.15, -0.1) is 0 Å². The molecule has 0 aliphatic heterocycles. The Kier molecular flexibility index (Phi) is 5.31. The van der Waals surface area contributed by atoms with Crippen LogP contribution in [0.1, 0.15) is 44.3 Å². The van der Waals surface area contributed by atoms with Crippen molar-refractivity contribution in [3.05, 3.63) is 18.0 Å². The highest BCUT2D eigenvalue weighted by atomic mass is 32.2. The lowest BCUT2D eigenvalue weighted by atomic mass is 10.2. The van der Waals surface area contributed by atoms with Gasteiger partial charge in [-0.05, 0) is 18.9 Å². The quantitative estimate of drug-likeness (QED) is 0.752. The maximum atomic E-state index is 11.3. The van der Waals surface area contributed by atoms with Gasteiger partial charge in [0.1, 0.15) is 0 Å². The molecule has 0 spiro atoms. The minimum absolute atomic E-state index is 0.0492. The molecule has 1 heterocycles. The van der Waals surface area contributed by atoms with E-state index in [1.807, 2.05) is 6.92 Å². The van der Waals surface area contributed by atoms with Crippen LogP contribution < -0.4 is 0 Å². The van der Waals surface area contributed by atoms with Gasteiger partial charge in [-0.3, -0.25) is 9.48 Å². The molecule has 1 unspecified atom stereocenters. The number of hydrogen-bond acceptors (Lipinski definition) is 4. The van der Waals surface area contributed by atoms with E-state index in [0.717, 1.165) is 17.2 Å². The second-order valence-corrected chi connectivity index (χ2v) is 6.19. The number of carbonyl (C=O) groups is 1. The molecule has 0 saturated heterocycles. The molecule has 2 rings (SSSR count). The molecule has 0 aromatic carbocycles. The molecule has 0 bridgehead atoms. The Labute approximate surface area is 118 Å². The minimum atomic E-state index is -0.135. The van der Waals surface area contributed by atoms with Crippen LogP contribution in [0.15, 0.2) is 12.3 Å². The Balaban J connectivity index is 1.75. The maximum absolute atomic E-state index is 11.3. The molecular formula is C14H22N2O2S. The lowest BCUT2D eigenvalue weighted by Crippen LogP contribution is -2.14. The molecule has 0 amide bonds. The first-order chi connectivity index (χ1) is 9.20. The van der Waals surface area contributed by atoms with Crippen LogP contribution in [0.5, 0.6) is 0 Å². The summed E-state index contributed by atoms with van der Waals surface area (Å²) < 4.78 is 6.83. The van der Waals surface area contributed by atoms with E-state index in [4.69, 9.17) is 4.74 Å². The lowest BCUT2D eigenvalue weighted by Gasteiger charge is -2.09. The van der Waals surface area contributed by atoms with Crippen LogP contribution in [0, 0.1) is 5.92 Å². The van der Waals surface area contributed by atoms with Crippen molar-refractivity contribution in [1.82, 2.24) is 9.78 Å². The second kappa shape index (κ2) is 6.98. The second-order valence-electron chi connectivity index (χ2n) is 5.16. The number of hydrogen-bond donors (Lipinski definition) is 0. The van der Waals surface area contributed by atoms with Crippen molar-refractivity contribution in [2.45, 2.75) is 44.4 Å². The number of rotatable bonds is 6. The van der Waals surface area contributed by atoms with Gasteiger partial charge in [0.2, 0.25) is 0 Å². The van der Waals surface area contributed by atoms with Gasteiger partial charge in [-0.1, -0.05) is 19.8 Å². The number of aromatic nitrogens is 2. The van der Waals surface area contributed by atoms with Crippen molar-refractivity contribution >= 4 is 17.7 Å². The predicted octanol–water partition coefficient (Wildman–Crippen LogP) is 3.04. The fraction of sp³-hybridized carbons (Fsp3) is 0.714. The molecule has 0 N–H and O–H groups in total. The summed E-state index contributed by atoms with van der Waals surface area (Å²) in [6.07, 6.45) is 7.26. The molecule has 19 heavy (non-hydrogen) atoms. The summed E-state index contributed by atoms with van der Waals surface area (Å²) in [5, 5.41) is 4.63. The molecule has 5 heteroatoms. The average molecular weight is 282 g/mol. The van der Waals surface area contributed by atoms with Gasteiger partial charge >= 0.3 is 5.97 Å². The van der Waals surface area contributed by atoms with E-state index < -0.39 is 0 Å². The van der Waals surface area contributed by atoms with Gasteiger partial charge in [0.05, 0.1) is 24.8 Å². The van der Waals surface area contributed by atoms with Gasteiger partial charge in [0.25, 0.3) is 0 Å². The van der Waals surface area contributed by atoms with Gasteiger partial charge in [0.15, 0.2) is 0 Å². The van der Waals surface area contributed by atoms with E-state index >= 15 is 0 Å². The van der Waals surface area contributed by atoms with Gasteiger partial charge < -0.3 is 4.74 Å². The molecule has 4 nitrogen and oxygen atoms in total. The largest absolute Gasteiger partial charge is 0.469 e. The Morgan fingerprint density at radius 2 is 2.32 bits per heavy atom. The third kappa shape index (κ3) is 4.00. The highest BCUT2D eigenvalue weighted by Gasteiger charge is 2.18. The van der Waals surface area contributed by atoms with E-state index in [1.54, 1.807) is 11.8 Å². The first-order valence-electron chi connectivity index (χ1n) is 6.90. The number of nitrogens with zero attached hydrogens (tertiary/aromatic N) is 2. The number of thioether (sulfide) groups is 1. The highest BCUT2D eigenvalue weighted by molar-refractivity contribution is 7.98. The standard InChI is InChI=1S/C14H22N2O2S/c1-11(14(17)18-2)9-19-10-12-7-8-16(15-12)13-5-3-4-6-13/h7-8,11,13H,3-6,9-10H2,1-2H3. The molecule has 1 saturated carbocycles. The molecule has 0 radical (unpaired) electrons. The van der Waals surface area contributed by atoms with Crippen molar-refractivity contribution < 1.29 is 9.53 Å². The summed E-state index contributed by atoms with van der Waals surface area (Å²) in [7, 11) is 1.44. The fourth-order valence-corrected chi connectivity index (χ4v) is 3.41. The Hall–Kier alpha value is -0.970. The van der Waals surface area contributed by atoms with E-state index in [-0.39, 0.29) is 11.9 Å². The van der Waals surface area contributed by atoms with Gasteiger partial charge in [-0.2, -0.15) is 16.9 Å². The molecule has 1 aliphatic rings. The molecule has 1 aliphatic carbocycles. The Bertz CT molecular complexity index is 413. The van der Waals surface area contributed by atoms with Crippen molar-refractivity contribution in [1.29, 1.82) is 0 Å². The van der Waals surface area contributed by atoms with E-state index in [0.29, 0.717) is 6.04 Å². The normalized spacial score (nSPS) is 17.6. The van der Waals surface area contributed by atoms with Crippen LogP contribution in [-0.4, -0.2) is 28.6 Å². The lowest BCUT2D eigenvalue weighted by molar-refractivity contribution is -0.143. The van der Waals surface area contributed by atoms with E-state index in [1.165, 1.54) is 32.8 Å². The molecular weight excluding hydrogens is 260 g/mol. The molecule has 1 aromatic rings. The average Bonchev–Trinajstić information content (AvgIpc) is 3.07. The van der Waals surface area contributed by atoms with Gasteiger partial charge in [-0.25, -0.2) is 0 Å². The van der Waals surface area contributed by atoms with Crippen molar-refractivity contribution in [3.63, 3.8) is 0 Å². The smallest absolute Gasteiger partial charge is 0.309 e. The van der Waals surface area contributed by atoms with Crippen LogP contribution in [0.3, 0.4) is 0 Å². The minimum Gasteiger partial charge on any atom is -0.469 e. The van der Waals surface area contributed by atoms with Crippen LogP contribution in [0.4, 0.5) is 0 Å². The SMILES string of the molecule is COC(=O)C(C)CSCc1ccn(C2CCCC2)n1. The van der Waals surface area contributed by atoms with E-state index in [9.17, 15) is 4.79 Å². The van der Waals surface area contributed by atoms with Crippen LogP contribution in [-0.2, 0) is 15.3 Å². The number of carbonyl (C=O) groups excluding carboxylic acids is 1. The molecule has 1 fully saturated rings. The number of methoxy groups -OCH3 is 1. The molecule has 1 aromatic heterocycles. The summed E-state index contributed by atoms with van der Waals surface area (Å²) in [6.45, 7) is 1.90. The molecule has 106 valence electrons. The zero-order chi connectivity index (χ0) is 13.7. The summed E-state index contributed by atoms with van der Waals surface area (Å²) in [4.78, 5) is 11.3. The maximum Gasteiger partial charge on any atom is 0.309 e. The summed E-state index contributed by atoms with van der Waals surface area (Å²) >= 11 is 1.74. The first-order valence-corrected chi connectivity index (χ1v) is 8.05. The monoisotopic (exact) mass is 282 g/mol. The van der Waals surface area contributed by atoms with Crippen molar-refractivity contribution in [3.8, 4) is 0 Å². The van der Waals surface area contributed by atoms with Crippen LogP contribution in [0.2, 0.25) is 0 Å². The third-order valence-electron chi connectivity index (χ3n) is 3.58. The predicted molar refractivity (Wildman–Crippen MR) is 77.1 cm³/mol. The Morgan fingerprint density at radius 1 is 1.58 bits per heavy atom. The molecule has 1 atom stereocenters. The van der Waals surface area contributed by atoms with E-state index in [2.05, 4.69) is 22.0 Å². The third-order valence-corrected chi connectivity index (χ3v) is 4.82. The fourth-order valence-electron chi connectivity index (χ4n) is 2.44. The first kappa shape index (κ1) is 14.4. The summed E-state index contributed by atoms with van der Waals surface area (Å²) in [5.74, 6) is 1.46. The van der Waals surface area contributed by atoms with Gasteiger partial charge in [0, 0.05) is 17.7 Å². The summed E-state index contributed by atoms with van der Waals surface area (Å²) in [5.41, 5.74) is 1.11.